The summed E-state index contributed by atoms with van der Waals surface area (Å²) in [5, 5.41) is 10.5. The molecule has 2 aromatic rings. The zero-order valence-corrected chi connectivity index (χ0v) is 19.9. The van der Waals surface area contributed by atoms with Gasteiger partial charge >= 0.3 is 12.4 Å². The lowest BCUT2D eigenvalue weighted by Gasteiger charge is -2.43. The lowest BCUT2D eigenvalue weighted by Crippen LogP contribution is -2.54. The van der Waals surface area contributed by atoms with Gasteiger partial charge in [0.1, 0.15) is 18.8 Å². The van der Waals surface area contributed by atoms with Crippen molar-refractivity contribution in [2.24, 2.45) is 0 Å². The summed E-state index contributed by atoms with van der Waals surface area (Å²) in [6, 6.07) is -0.184. The first-order chi connectivity index (χ1) is 17.8. The summed E-state index contributed by atoms with van der Waals surface area (Å²) in [7, 11) is 0. The molecular formula is C22H24F6N6O4. The Morgan fingerprint density at radius 2 is 2.03 bits per heavy atom. The summed E-state index contributed by atoms with van der Waals surface area (Å²) < 4.78 is 89.1. The molecule has 38 heavy (non-hydrogen) atoms. The van der Waals surface area contributed by atoms with Crippen molar-refractivity contribution in [1.82, 2.24) is 20.5 Å². The number of piperidine rings is 1. The molecule has 1 saturated heterocycles. The number of halogens is 6. The maximum Gasteiger partial charge on any atom is 0.423 e. The van der Waals surface area contributed by atoms with E-state index in [0.717, 1.165) is 18.5 Å². The lowest BCUT2D eigenvalue weighted by atomic mass is 9.96. The Bertz CT molecular complexity index is 1220. The van der Waals surface area contributed by atoms with Gasteiger partial charge in [-0.2, -0.15) is 31.4 Å². The molecule has 0 aliphatic carbocycles. The molecule has 4 heterocycles. The molecule has 4 rings (SSSR count). The van der Waals surface area contributed by atoms with E-state index in [0.29, 0.717) is 25.2 Å². The number of fused-ring (bicyclic) bond motifs is 3. The second-order valence-corrected chi connectivity index (χ2v) is 9.04. The minimum absolute atomic E-state index is 0.0629. The predicted molar refractivity (Wildman–Crippen MR) is 121 cm³/mol. The van der Waals surface area contributed by atoms with Crippen LogP contribution in [0.2, 0.25) is 0 Å². The third kappa shape index (κ3) is 6.28. The minimum Gasteiger partial charge on any atom is -0.488 e. The highest BCUT2D eigenvalue weighted by Gasteiger charge is 2.39. The number of nitrogens with one attached hydrogen (secondary N) is 3. The minimum atomic E-state index is -4.89. The van der Waals surface area contributed by atoms with Gasteiger partial charge < -0.3 is 25.0 Å². The maximum absolute atomic E-state index is 13.1. The molecule has 1 fully saturated rings. The SMILES string of the molecule is CC(COCC(=O)NC1CCN2c3ncc(C(F)(F)F)cc3OCC2C1)Nc1cn[nH]c(=O)c1C(F)(F)F. The van der Waals surface area contributed by atoms with Gasteiger partial charge in [-0.25, -0.2) is 10.1 Å². The Morgan fingerprint density at radius 3 is 2.74 bits per heavy atom. The summed E-state index contributed by atoms with van der Waals surface area (Å²) >= 11 is 0. The van der Waals surface area contributed by atoms with Crippen LogP contribution in [0.1, 0.15) is 30.9 Å². The van der Waals surface area contributed by atoms with Gasteiger partial charge in [-0.3, -0.25) is 9.59 Å². The van der Waals surface area contributed by atoms with Gasteiger partial charge in [0.05, 0.1) is 30.1 Å². The molecule has 16 heteroatoms. The number of aromatic amines is 1. The van der Waals surface area contributed by atoms with Crippen LogP contribution in [0, 0.1) is 0 Å². The Morgan fingerprint density at radius 1 is 1.26 bits per heavy atom. The highest BCUT2D eigenvalue weighted by Crippen LogP contribution is 2.39. The van der Waals surface area contributed by atoms with E-state index in [1.54, 1.807) is 5.10 Å². The number of amides is 1. The van der Waals surface area contributed by atoms with Crippen LogP contribution in [0.4, 0.5) is 37.8 Å². The first-order valence-corrected chi connectivity index (χ1v) is 11.6. The summed E-state index contributed by atoms with van der Waals surface area (Å²) in [5.74, 6) is -0.0457. The van der Waals surface area contributed by atoms with Crippen LogP contribution in [0.25, 0.3) is 0 Å². The molecule has 2 aromatic heterocycles. The van der Waals surface area contributed by atoms with Gasteiger partial charge in [-0.15, -0.1) is 0 Å². The van der Waals surface area contributed by atoms with Gasteiger partial charge in [0.25, 0.3) is 5.56 Å². The molecule has 0 aromatic carbocycles. The number of hydrogen-bond donors (Lipinski definition) is 3. The molecule has 1 amide bonds. The number of alkyl halides is 6. The van der Waals surface area contributed by atoms with Crippen LogP contribution in [-0.2, 0) is 21.9 Å². The number of carbonyl (C=O) groups excluding carboxylic acids is 1. The van der Waals surface area contributed by atoms with Crippen LogP contribution < -0.4 is 25.8 Å². The number of aromatic nitrogens is 3. The average Bonchev–Trinajstić information content (AvgIpc) is 2.82. The Balaban J connectivity index is 1.24. The molecule has 0 spiro atoms. The molecule has 2 aliphatic heterocycles. The summed E-state index contributed by atoms with van der Waals surface area (Å²) in [5.41, 5.74) is -4.19. The molecule has 3 atom stereocenters. The van der Waals surface area contributed by atoms with E-state index in [9.17, 15) is 35.9 Å². The smallest absolute Gasteiger partial charge is 0.423 e. The van der Waals surface area contributed by atoms with E-state index in [1.165, 1.54) is 6.92 Å². The number of hydrogen-bond acceptors (Lipinski definition) is 8. The zero-order chi connectivity index (χ0) is 27.7. The number of pyridine rings is 1. The molecule has 0 radical (unpaired) electrons. The Labute approximate surface area is 211 Å². The first kappa shape index (κ1) is 27.5. The molecular weight excluding hydrogens is 526 g/mol. The molecule has 2 aliphatic rings. The average molecular weight is 550 g/mol. The fourth-order valence-electron chi connectivity index (χ4n) is 4.41. The maximum atomic E-state index is 13.1. The summed E-state index contributed by atoms with van der Waals surface area (Å²) in [6.45, 7) is 1.62. The van der Waals surface area contributed by atoms with Gasteiger partial charge in [0.2, 0.25) is 5.91 Å². The number of ether oxygens (including phenoxy) is 2. The van der Waals surface area contributed by atoms with Crippen molar-refractivity contribution in [2.75, 3.05) is 36.6 Å². The third-order valence-electron chi connectivity index (χ3n) is 6.09. The third-order valence-corrected chi connectivity index (χ3v) is 6.09. The summed E-state index contributed by atoms with van der Waals surface area (Å²) in [6.07, 6.45) is -6.82. The van der Waals surface area contributed by atoms with E-state index in [1.807, 2.05) is 4.90 Å². The topological polar surface area (TPSA) is 121 Å². The van der Waals surface area contributed by atoms with Crippen LogP contribution in [0.5, 0.6) is 5.75 Å². The van der Waals surface area contributed by atoms with Gasteiger partial charge in [0.15, 0.2) is 11.6 Å². The largest absolute Gasteiger partial charge is 0.488 e. The molecule has 0 bridgehead atoms. The van der Waals surface area contributed by atoms with E-state index < -0.39 is 46.7 Å². The number of H-pyrrole nitrogens is 1. The Kier molecular flexibility index (Phi) is 7.71. The molecule has 10 nitrogen and oxygen atoms in total. The van der Waals surface area contributed by atoms with Crippen LogP contribution in [0.15, 0.2) is 23.3 Å². The van der Waals surface area contributed by atoms with Crippen molar-refractivity contribution in [2.45, 2.75) is 50.2 Å². The summed E-state index contributed by atoms with van der Waals surface area (Å²) in [4.78, 5) is 29.7. The number of rotatable bonds is 7. The van der Waals surface area contributed by atoms with Crippen molar-refractivity contribution in [3.05, 3.63) is 39.9 Å². The fraction of sp³-hybridized carbons (Fsp3) is 0.545. The Hall–Kier alpha value is -3.56. The van der Waals surface area contributed by atoms with Crippen LogP contribution in [0.3, 0.4) is 0 Å². The standard InChI is InChI=1S/C22H24F6N6O4/c1-11(31-15-7-30-33-20(36)18(15)22(26,27)28)8-37-10-17(35)32-13-2-3-34-14(5-13)9-38-16-4-12(21(23,24)25)6-29-19(16)34/h4,6-7,11,13-14H,2-3,5,8-10H2,1H3,(H,32,35)(H2,31,33,36). The highest BCUT2D eigenvalue weighted by molar-refractivity contribution is 5.77. The first-order valence-electron chi connectivity index (χ1n) is 11.6. The van der Waals surface area contributed by atoms with Gasteiger partial charge in [-0.05, 0) is 25.8 Å². The van der Waals surface area contributed by atoms with Crippen molar-refractivity contribution < 1.29 is 40.6 Å². The second kappa shape index (κ2) is 10.7. The fourth-order valence-corrected chi connectivity index (χ4v) is 4.41. The van der Waals surface area contributed by atoms with E-state index in [2.05, 4.69) is 20.7 Å². The number of nitrogens with zero attached hydrogens (tertiary/aromatic N) is 3. The molecule has 3 unspecified atom stereocenters. The highest BCUT2D eigenvalue weighted by atomic mass is 19.4. The van der Waals surface area contributed by atoms with Crippen molar-refractivity contribution in [3.63, 3.8) is 0 Å². The normalized spacial score (nSPS) is 20.1. The monoisotopic (exact) mass is 550 g/mol. The molecule has 208 valence electrons. The quantitative estimate of drug-likeness (QED) is 0.450. The number of anilines is 2. The van der Waals surface area contributed by atoms with Crippen LogP contribution >= 0.6 is 0 Å². The van der Waals surface area contributed by atoms with Crippen molar-refractivity contribution in [1.29, 1.82) is 0 Å². The molecule has 0 saturated carbocycles. The van der Waals surface area contributed by atoms with Crippen molar-refractivity contribution in [3.8, 4) is 5.75 Å². The number of carbonyl (C=O) groups is 1. The predicted octanol–water partition coefficient (Wildman–Crippen LogP) is 2.57. The van der Waals surface area contributed by atoms with Crippen molar-refractivity contribution >= 4 is 17.4 Å². The second-order valence-electron chi connectivity index (χ2n) is 9.04. The van der Waals surface area contributed by atoms with E-state index in [4.69, 9.17) is 9.47 Å². The van der Waals surface area contributed by atoms with Gasteiger partial charge in [-0.1, -0.05) is 0 Å². The molecule has 3 N–H and O–H groups in total. The zero-order valence-electron chi connectivity index (χ0n) is 19.9. The van der Waals surface area contributed by atoms with E-state index in [-0.39, 0.29) is 37.7 Å². The van der Waals surface area contributed by atoms with Gasteiger partial charge in [0, 0.05) is 24.8 Å². The van der Waals surface area contributed by atoms with E-state index >= 15 is 0 Å². The lowest BCUT2D eigenvalue weighted by molar-refractivity contribution is -0.138. The van der Waals surface area contributed by atoms with Crippen LogP contribution in [-0.4, -0.2) is 65.6 Å².